The molecule has 0 aromatic heterocycles. The van der Waals surface area contributed by atoms with Crippen LogP contribution in [-0.2, 0) is 0 Å². The molecule has 0 atom stereocenters. The van der Waals surface area contributed by atoms with Crippen LogP contribution in [0.3, 0.4) is 0 Å². The van der Waals surface area contributed by atoms with Crippen LogP contribution in [0.2, 0.25) is 0 Å². The number of anilines is 1. The molecule has 0 amide bonds. The van der Waals surface area contributed by atoms with Crippen LogP contribution in [0.5, 0.6) is 5.75 Å². The normalized spacial score (nSPS) is 13.0. The Balaban J connectivity index is 2.59. The summed E-state index contributed by atoms with van der Waals surface area (Å²) < 4.78 is 5.21. The molecule has 0 unspecified atom stereocenters. The largest absolute Gasteiger partial charge is 0.496 e. The Labute approximate surface area is 71.6 Å². The maximum Gasteiger partial charge on any atom is 0.129 e. The van der Waals surface area contributed by atoms with Crippen molar-refractivity contribution in [2.24, 2.45) is 0 Å². The highest BCUT2D eigenvalue weighted by atomic mass is 16.5. The molecule has 2 heteroatoms. The monoisotopic (exact) mass is 161 g/mol. The van der Waals surface area contributed by atoms with Crippen molar-refractivity contribution in [1.29, 1.82) is 0 Å². The zero-order chi connectivity index (χ0) is 8.72. The van der Waals surface area contributed by atoms with Crippen molar-refractivity contribution >= 4 is 17.3 Å². The van der Waals surface area contributed by atoms with Crippen molar-refractivity contribution in [2.45, 2.75) is 6.92 Å². The Morgan fingerprint density at radius 3 is 2.67 bits per heavy atom. The molecule has 62 valence electrons. The zero-order valence-electron chi connectivity index (χ0n) is 7.22. The van der Waals surface area contributed by atoms with Gasteiger partial charge in [0.05, 0.1) is 7.11 Å². The van der Waals surface area contributed by atoms with Crippen molar-refractivity contribution < 1.29 is 4.74 Å². The minimum atomic E-state index is 0.759. The SMILES string of the molecule is COc1cc(N)cc2c1C(C)=C2. The first-order valence-electron chi connectivity index (χ1n) is 3.88. The van der Waals surface area contributed by atoms with Crippen LogP contribution >= 0.6 is 0 Å². The van der Waals surface area contributed by atoms with E-state index < -0.39 is 0 Å². The lowest BCUT2D eigenvalue weighted by molar-refractivity contribution is 0.413. The molecule has 0 fully saturated rings. The van der Waals surface area contributed by atoms with Gasteiger partial charge in [-0.2, -0.15) is 0 Å². The van der Waals surface area contributed by atoms with E-state index in [1.54, 1.807) is 7.11 Å². The van der Waals surface area contributed by atoms with E-state index in [2.05, 4.69) is 13.0 Å². The van der Waals surface area contributed by atoms with Gasteiger partial charge < -0.3 is 10.5 Å². The molecule has 0 bridgehead atoms. The molecule has 1 aliphatic carbocycles. The fourth-order valence-electron chi connectivity index (χ4n) is 1.58. The summed E-state index contributed by atoms with van der Waals surface area (Å²) in [6, 6.07) is 3.82. The first-order chi connectivity index (χ1) is 5.72. The summed E-state index contributed by atoms with van der Waals surface area (Å²) in [5.41, 5.74) is 10.1. The molecule has 1 aliphatic rings. The Kier molecular flexibility index (Phi) is 1.37. The van der Waals surface area contributed by atoms with Gasteiger partial charge in [0, 0.05) is 17.3 Å². The third kappa shape index (κ3) is 0.811. The van der Waals surface area contributed by atoms with Crippen LogP contribution in [0.1, 0.15) is 18.1 Å². The summed E-state index contributed by atoms with van der Waals surface area (Å²) in [4.78, 5) is 0. The van der Waals surface area contributed by atoms with E-state index in [1.807, 2.05) is 12.1 Å². The van der Waals surface area contributed by atoms with E-state index in [4.69, 9.17) is 10.5 Å². The Morgan fingerprint density at radius 2 is 2.08 bits per heavy atom. The number of hydrogen-bond acceptors (Lipinski definition) is 2. The fraction of sp³-hybridized carbons (Fsp3) is 0.200. The van der Waals surface area contributed by atoms with Gasteiger partial charge in [-0.3, -0.25) is 0 Å². The summed E-state index contributed by atoms with van der Waals surface area (Å²) in [5, 5.41) is 0. The van der Waals surface area contributed by atoms with E-state index in [0.717, 1.165) is 11.4 Å². The van der Waals surface area contributed by atoms with E-state index in [-0.39, 0.29) is 0 Å². The van der Waals surface area contributed by atoms with Crippen LogP contribution in [0.25, 0.3) is 11.6 Å². The number of fused-ring (bicyclic) bond motifs is 1. The van der Waals surface area contributed by atoms with E-state index >= 15 is 0 Å². The predicted molar refractivity (Wildman–Crippen MR) is 51.0 cm³/mol. The highest BCUT2D eigenvalue weighted by Crippen LogP contribution is 2.40. The number of hydrogen-bond donors (Lipinski definition) is 1. The molecule has 0 aliphatic heterocycles. The number of rotatable bonds is 1. The second-order valence-corrected chi connectivity index (χ2v) is 3.01. The Hall–Kier alpha value is -1.44. The van der Waals surface area contributed by atoms with Gasteiger partial charge >= 0.3 is 0 Å². The van der Waals surface area contributed by atoms with Crippen LogP contribution in [0, 0.1) is 0 Å². The molecule has 12 heavy (non-hydrogen) atoms. The van der Waals surface area contributed by atoms with Gasteiger partial charge in [0.25, 0.3) is 0 Å². The number of ether oxygens (including phenoxy) is 1. The van der Waals surface area contributed by atoms with Gasteiger partial charge in [0.15, 0.2) is 0 Å². The topological polar surface area (TPSA) is 35.2 Å². The van der Waals surface area contributed by atoms with E-state index in [1.165, 1.54) is 16.7 Å². The average molecular weight is 161 g/mol. The first kappa shape index (κ1) is 7.22. The van der Waals surface area contributed by atoms with Gasteiger partial charge in [-0.05, 0) is 24.1 Å². The first-order valence-corrected chi connectivity index (χ1v) is 3.88. The fourth-order valence-corrected chi connectivity index (χ4v) is 1.58. The van der Waals surface area contributed by atoms with Gasteiger partial charge in [0.2, 0.25) is 0 Å². The van der Waals surface area contributed by atoms with Gasteiger partial charge in [-0.25, -0.2) is 0 Å². The van der Waals surface area contributed by atoms with Crippen LogP contribution in [-0.4, -0.2) is 7.11 Å². The number of nitrogens with two attached hydrogens (primary N) is 1. The summed E-state index contributed by atoms with van der Waals surface area (Å²) in [5.74, 6) is 0.880. The highest BCUT2D eigenvalue weighted by Gasteiger charge is 2.17. The average Bonchev–Trinajstić information content (AvgIpc) is 2.01. The summed E-state index contributed by atoms with van der Waals surface area (Å²) >= 11 is 0. The molecular formula is C10H11NO. The maximum atomic E-state index is 5.67. The van der Waals surface area contributed by atoms with Crippen molar-refractivity contribution in [3.8, 4) is 5.75 Å². The molecule has 0 heterocycles. The smallest absolute Gasteiger partial charge is 0.129 e. The minimum Gasteiger partial charge on any atom is -0.496 e. The van der Waals surface area contributed by atoms with Crippen molar-refractivity contribution in [2.75, 3.05) is 12.8 Å². The lowest BCUT2D eigenvalue weighted by atomic mass is 9.88. The van der Waals surface area contributed by atoms with Crippen LogP contribution in [0.15, 0.2) is 12.1 Å². The number of benzene rings is 1. The van der Waals surface area contributed by atoms with Crippen molar-refractivity contribution in [3.05, 3.63) is 23.3 Å². The standard InChI is InChI=1S/C10H11NO/c1-6-3-7-4-8(11)5-9(12-2)10(6)7/h3-5H,11H2,1-2H3. The molecule has 0 spiro atoms. The Bertz CT molecular complexity index is 366. The van der Waals surface area contributed by atoms with Crippen LogP contribution in [0.4, 0.5) is 5.69 Å². The second kappa shape index (κ2) is 2.27. The van der Waals surface area contributed by atoms with Gasteiger partial charge in [-0.15, -0.1) is 0 Å². The molecule has 0 radical (unpaired) electrons. The second-order valence-electron chi connectivity index (χ2n) is 3.01. The summed E-state index contributed by atoms with van der Waals surface area (Å²) in [7, 11) is 1.67. The molecule has 0 saturated carbocycles. The predicted octanol–water partition coefficient (Wildman–Crippen LogP) is 2.15. The van der Waals surface area contributed by atoms with E-state index in [0.29, 0.717) is 0 Å². The summed E-state index contributed by atoms with van der Waals surface area (Å²) in [6.45, 7) is 2.07. The van der Waals surface area contributed by atoms with Crippen molar-refractivity contribution in [1.82, 2.24) is 0 Å². The highest BCUT2D eigenvalue weighted by molar-refractivity contribution is 5.98. The maximum absolute atomic E-state index is 5.67. The molecule has 2 rings (SSSR count). The van der Waals surface area contributed by atoms with E-state index in [9.17, 15) is 0 Å². The lowest BCUT2D eigenvalue weighted by Crippen LogP contribution is -2.01. The number of methoxy groups -OCH3 is 1. The quantitative estimate of drug-likeness (QED) is 0.640. The summed E-state index contributed by atoms with van der Waals surface area (Å²) in [6.07, 6.45) is 2.11. The number of allylic oxidation sites excluding steroid dienone is 1. The molecule has 2 nitrogen and oxygen atoms in total. The molecule has 0 saturated heterocycles. The molecule has 2 N–H and O–H groups in total. The third-order valence-corrected chi connectivity index (χ3v) is 2.14. The van der Waals surface area contributed by atoms with Crippen LogP contribution < -0.4 is 10.5 Å². The molecular weight excluding hydrogens is 150 g/mol. The van der Waals surface area contributed by atoms with Gasteiger partial charge in [-0.1, -0.05) is 6.08 Å². The van der Waals surface area contributed by atoms with Crippen molar-refractivity contribution in [3.63, 3.8) is 0 Å². The molecule has 1 aromatic carbocycles. The zero-order valence-corrected chi connectivity index (χ0v) is 7.22. The number of nitrogen functional groups attached to an aromatic ring is 1. The minimum absolute atomic E-state index is 0.759. The lowest BCUT2D eigenvalue weighted by Gasteiger charge is -2.20. The Morgan fingerprint density at radius 1 is 1.33 bits per heavy atom. The third-order valence-electron chi connectivity index (χ3n) is 2.14. The van der Waals surface area contributed by atoms with Gasteiger partial charge in [0.1, 0.15) is 5.75 Å². The molecule has 1 aromatic rings.